The maximum atomic E-state index is 12.4. The number of hydrogen-bond acceptors (Lipinski definition) is 5. The predicted molar refractivity (Wildman–Crippen MR) is 104 cm³/mol. The Morgan fingerprint density at radius 2 is 2.24 bits per heavy atom. The first-order valence-corrected chi connectivity index (χ1v) is 10.0. The van der Waals surface area contributed by atoms with Crippen molar-refractivity contribution >= 4 is 34.3 Å². The summed E-state index contributed by atoms with van der Waals surface area (Å²) in [5.74, 6) is 0.0327. The standard InChI is InChI=1S/C19H19N3OS2/c1-13-20-17(12-25-13)14-3-2-4-16(9-14)21-19(23)11-22-7-5-18-15(10-22)6-8-24-18/h2-4,6,8-9,12H,5,7,10-11H2,1H3,(H,21,23). The van der Waals surface area contributed by atoms with Crippen molar-refractivity contribution in [3.05, 3.63) is 56.5 Å². The van der Waals surface area contributed by atoms with Gasteiger partial charge in [-0.2, -0.15) is 0 Å². The molecule has 0 radical (unpaired) electrons. The Morgan fingerprint density at radius 3 is 3.08 bits per heavy atom. The summed E-state index contributed by atoms with van der Waals surface area (Å²) in [4.78, 5) is 20.6. The Labute approximate surface area is 155 Å². The van der Waals surface area contributed by atoms with E-state index in [2.05, 4.69) is 26.6 Å². The molecule has 6 heteroatoms. The lowest BCUT2D eigenvalue weighted by atomic mass is 10.1. The summed E-state index contributed by atoms with van der Waals surface area (Å²) in [7, 11) is 0. The highest BCUT2D eigenvalue weighted by Crippen LogP contribution is 2.25. The van der Waals surface area contributed by atoms with Gasteiger partial charge in [0.2, 0.25) is 5.91 Å². The van der Waals surface area contributed by atoms with E-state index in [1.165, 1.54) is 10.4 Å². The number of benzene rings is 1. The largest absolute Gasteiger partial charge is 0.325 e. The van der Waals surface area contributed by atoms with E-state index in [1.54, 1.807) is 11.3 Å². The minimum Gasteiger partial charge on any atom is -0.325 e. The number of fused-ring (bicyclic) bond motifs is 1. The van der Waals surface area contributed by atoms with E-state index in [9.17, 15) is 4.79 Å². The number of amides is 1. The molecule has 1 aromatic carbocycles. The predicted octanol–water partition coefficient (Wildman–Crippen LogP) is 4.18. The smallest absolute Gasteiger partial charge is 0.238 e. The van der Waals surface area contributed by atoms with E-state index >= 15 is 0 Å². The molecule has 0 unspecified atom stereocenters. The molecule has 3 aromatic rings. The van der Waals surface area contributed by atoms with Crippen LogP contribution in [-0.4, -0.2) is 28.9 Å². The van der Waals surface area contributed by atoms with Crippen LogP contribution in [0.1, 0.15) is 15.4 Å². The molecule has 128 valence electrons. The molecule has 0 fully saturated rings. The second-order valence-corrected chi connectivity index (χ2v) is 8.27. The first kappa shape index (κ1) is 16.4. The summed E-state index contributed by atoms with van der Waals surface area (Å²) >= 11 is 3.45. The molecule has 1 amide bonds. The Hall–Kier alpha value is -2.02. The SMILES string of the molecule is Cc1nc(-c2cccc(NC(=O)CN3CCc4sccc4C3)c2)cs1. The zero-order valence-corrected chi connectivity index (χ0v) is 15.6. The van der Waals surface area contributed by atoms with E-state index in [0.29, 0.717) is 6.54 Å². The van der Waals surface area contributed by atoms with Gasteiger partial charge in [-0.05, 0) is 42.5 Å². The number of nitrogens with one attached hydrogen (secondary N) is 1. The molecule has 0 spiro atoms. The Balaban J connectivity index is 1.40. The molecule has 0 bridgehead atoms. The normalized spacial score (nSPS) is 14.3. The summed E-state index contributed by atoms with van der Waals surface area (Å²) in [6.45, 7) is 4.23. The Morgan fingerprint density at radius 1 is 1.32 bits per heavy atom. The third kappa shape index (κ3) is 3.81. The Kier molecular flexibility index (Phi) is 4.65. The topological polar surface area (TPSA) is 45.2 Å². The molecule has 0 aliphatic carbocycles. The van der Waals surface area contributed by atoms with Crippen LogP contribution in [0.2, 0.25) is 0 Å². The molecule has 4 rings (SSSR count). The second-order valence-electron chi connectivity index (χ2n) is 6.21. The van der Waals surface area contributed by atoms with Crippen LogP contribution in [0.4, 0.5) is 5.69 Å². The molecule has 0 saturated carbocycles. The van der Waals surface area contributed by atoms with Crippen LogP contribution in [0.25, 0.3) is 11.3 Å². The van der Waals surface area contributed by atoms with Gasteiger partial charge in [-0.3, -0.25) is 9.69 Å². The third-order valence-electron chi connectivity index (χ3n) is 4.32. The highest BCUT2D eigenvalue weighted by atomic mass is 32.1. The first-order valence-electron chi connectivity index (χ1n) is 8.27. The van der Waals surface area contributed by atoms with Gasteiger partial charge in [0, 0.05) is 34.6 Å². The number of nitrogens with zero attached hydrogens (tertiary/aromatic N) is 2. The van der Waals surface area contributed by atoms with E-state index < -0.39 is 0 Å². The molecule has 1 aliphatic rings. The fourth-order valence-electron chi connectivity index (χ4n) is 3.10. The number of carbonyl (C=O) groups is 1. The number of thiophene rings is 1. The molecule has 25 heavy (non-hydrogen) atoms. The highest BCUT2D eigenvalue weighted by molar-refractivity contribution is 7.10. The lowest BCUT2D eigenvalue weighted by Crippen LogP contribution is -2.36. The van der Waals surface area contributed by atoms with Crippen molar-refractivity contribution in [2.75, 3.05) is 18.4 Å². The summed E-state index contributed by atoms with van der Waals surface area (Å²) < 4.78 is 0. The molecule has 2 aromatic heterocycles. The van der Waals surface area contributed by atoms with Gasteiger partial charge in [0.15, 0.2) is 0 Å². The van der Waals surface area contributed by atoms with Gasteiger partial charge in [0.1, 0.15) is 0 Å². The lowest BCUT2D eigenvalue weighted by Gasteiger charge is -2.26. The number of rotatable bonds is 4. The quantitative estimate of drug-likeness (QED) is 0.750. The molecular formula is C19H19N3OS2. The van der Waals surface area contributed by atoms with Crippen molar-refractivity contribution in [2.45, 2.75) is 19.9 Å². The van der Waals surface area contributed by atoms with Crippen molar-refractivity contribution < 1.29 is 4.79 Å². The van der Waals surface area contributed by atoms with Crippen molar-refractivity contribution in [1.82, 2.24) is 9.88 Å². The van der Waals surface area contributed by atoms with Crippen molar-refractivity contribution in [1.29, 1.82) is 0 Å². The van der Waals surface area contributed by atoms with Crippen LogP contribution < -0.4 is 5.32 Å². The maximum Gasteiger partial charge on any atom is 0.238 e. The van der Waals surface area contributed by atoms with Gasteiger partial charge < -0.3 is 5.32 Å². The summed E-state index contributed by atoms with van der Waals surface area (Å²) in [6, 6.07) is 10.1. The highest BCUT2D eigenvalue weighted by Gasteiger charge is 2.19. The van der Waals surface area contributed by atoms with E-state index in [0.717, 1.165) is 41.5 Å². The summed E-state index contributed by atoms with van der Waals surface area (Å²) in [6.07, 6.45) is 1.04. The van der Waals surface area contributed by atoms with Gasteiger partial charge in [-0.15, -0.1) is 22.7 Å². The summed E-state index contributed by atoms with van der Waals surface area (Å²) in [5, 5.41) is 8.25. The number of carbonyl (C=O) groups excluding carboxylic acids is 1. The molecule has 0 atom stereocenters. The van der Waals surface area contributed by atoms with Gasteiger partial charge >= 0.3 is 0 Å². The zero-order valence-electron chi connectivity index (χ0n) is 14.0. The maximum absolute atomic E-state index is 12.4. The number of hydrogen-bond donors (Lipinski definition) is 1. The second kappa shape index (κ2) is 7.07. The van der Waals surface area contributed by atoms with Crippen LogP contribution in [0.5, 0.6) is 0 Å². The van der Waals surface area contributed by atoms with Crippen LogP contribution in [0, 0.1) is 6.92 Å². The number of aryl methyl sites for hydroxylation is 1. The molecule has 1 N–H and O–H groups in total. The molecule has 3 heterocycles. The molecule has 0 saturated heterocycles. The average Bonchev–Trinajstić information content (AvgIpc) is 3.23. The number of thiazole rings is 1. The number of aromatic nitrogens is 1. The number of anilines is 1. The lowest BCUT2D eigenvalue weighted by molar-refractivity contribution is -0.117. The van der Waals surface area contributed by atoms with Crippen molar-refractivity contribution in [2.24, 2.45) is 0 Å². The molecule has 1 aliphatic heterocycles. The molecular weight excluding hydrogens is 350 g/mol. The van der Waals surface area contributed by atoms with Crippen molar-refractivity contribution in [3.63, 3.8) is 0 Å². The van der Waals surface area contributed by atoms with Crippen LogP contribution >= 0.6 is 22.7 Å². The van der Waals surface area contributed by atoms with Gasteiger partial charge in [0.25, 0.3) is 0 Å². The van der Waals surface area contributed by atoms with E-state index in [4.69, 9.17) is 0 Å². The van der Waals surface area contributed by atoms with E-state index in [-0.39, 0.29) is 5.91 Å². The first-order chi connectivity index (χ1) is 12.2. The van der Waals surface area contributed by atoms with Crippen LogP contribution in [0.15, 0.2) is 41.1 Å². The molecule has 4 nitrogen and oxygen atoms in total. The zero-order chi connectivity index (χ0) is 17.2. The minimum absolute atomic E-state index is 0.0327. The van der Waals surface area contributed by atoms with Gasteiger partial charge in [0.05, 0.1) is 17.2 Å². The fourth-order valence-corrected chi connectivity index (χ4v) is 4.61. The van der Waals surface area contributed by atoms with Crippen LogP contribution in [0.3, 0.4) is 0 Å². The van der Waals surface area contributed by atoms with E-state index in [1.807, 2.05) is 47.9 Å². The minimum atomic E-state index is 0.0327. The van der Waals surface area contributed by atoms with Crippen LogP contribution in [-0.2, 0) is 17.8 Å². The van der Waals surface area contributed by atoms with Crippen molar-refractivity contribution in [3.8, 4) is 11.3 Å². The van der Waals surface area contributed by atoms with Gasteiger partial charge in [-0.1, -0.05) is 12.1 Å². The average molecular weight is 370 g/mol. The monoisotopic (exact) mass is 369 g/mol. The Bertz CT molecular complexity index is 899. The summed E-state index contributed by atoms with van der Waals surface area (Å²) in [5.41, 5.74) is 4.17. The third-order valence-corrected chi connectivity index (χ3v) is 6.11. The van der Waals surface area contributed by atoms with Gasteiger partial charge in [-0.25, -0.2) is 4.98 Å². The fraction of sp³-hybridized carbons (Fsp3) is 0.263.